The van der Waals surface area contributed by atoms with Gasteiger partial charge in [0.05, 0.1) is 29.7 Å². The lowest BCUT2D eigenvalue weighted by atomic mass is 10.2. The normalized spacial score (nSPS) is 10.2. The van der Waals surface area contributed by atoms with E-state index in [-0.39, 0.29) is 0 Å². The van der Waals surface area contributed by atoms with Crippen molar-refractivity contribution in [3.8, 4) is 5.88 Å². The van der Waals surface area contributed by atoms with Crippen molar-refractivity contribution in [1.29, 1.82) is 0 Å². The molecule has 0 unspecified atom stereocenters. The van der Waals surface area contributed by atoms with Crippen LogP contribution in [0, 0.1) is 13.8 Å². The predicted molar refractivity (Wildman–Crippen MR) is 70.6 cm³/mol. The molecule has 0 atom stereocenters. The fraction of sp³-hybridized carbons (Fsp3) is 0.250. The number of hydrogen-bond acceptors (Lipinski definition) is 5. The summed E-state index contributed by atoms with van der Waals surface area (Å²) in [5.41, 5.74) is 2.56. The topological polar surface area (TPSA) is 59.9 Å². The van der Waals surface area contributed by atoms with Crippen LogP contribution in [0.1, 0.15) is 11.3 Å². The average Bonchev–Trinajstić information content (AvgIpc) is 2.36. The highest BCUT2D eigenvalue weighted by molar-refractivity contribution is 6.31. The fourth-order valence-corrected chi connectivity index (χ4v) is 1.47. The zero-order valence-electron chi connectivity index (χ0n) is 10.4. The molecule has 18 heavy (non-hydrogen) atoms. The first-order chi connectivity index (χ1) is 8.60. The number of methoxy groups -OCH3 is 1. The zero-order valence-corrected chi connectivity index (χ0v) is 11.1. The number of hydrogen-bond donors (Lipinski definition) is 1. The fourth-order valence-electron chi connectivity index (χ4n) is 1.38. The second-order valence-corrected chi connectivity index (χ2v) is 4.20. The summed E-state index contributed by atoms with van der Waals surface area (Å²) in [7, 11) is 1.57. The Morgan fingerprint density at radius 1 is 1.22 bits per heavy atom. The van der Waals surface area contributed by atoms with E-state index >= 15 is 0 Å². The van der Waals surface area contributed by atoms with Crippen molar-refractivity contribution in [3.05, 3.63) is 34.7 Å². The summed E-state index contributed by atoms with van der Waals surface area (Å²) >= 11 is 5.88. The lowest BCUT2D eigenvalue weighted by Crippen LogP contribution is -2.01. The maximum atomic E-state index is 5.88. The van der Waals surface area contributed by atoms with E-state index in [0.29, 0.717) is 16.9 Å². The van der Waals surface area contributed by atoms with Gasteiger partial charge >= 0.3 is 0 Å². The SMILES string of the molecule is COc1cc(Nc2ncc(Cl)c(C)n2)c(C)cn1. The van der Waals surface area contributed by atoms with Crippen LogP contribution in [0.25, 0.3) is 0 Å². The lowest BCUT2D eigenvalue weighted by Gasteiger charge is -2.09. The number of nitrogens with one attached hydrogen (secondary N) is 1. The van der Waals surface area contributed by atoms with Gasteiger partial charge in [0.2, 0.25) is 11.8 Å². The van der Waals surface area contributed by atoms with Crippen molar-refractivity contribution in [1.82, 2.24) is 15.0 Å². The second kappa shape index (κ2) is 5.18. The average molecular weight is 265 g/mol. The van der Waals surface area contributed by atoms with E-state index in [4.69, 9.17) is 16.3 Å². The molecule has 0 saturated heterocycles. The van der Waals surface area contributed by atoms with Crippen LogP contribution >= 0.6 is 11.6 Å². The van der Waals surface area contributed by atoms with Crippen LogP contribution in [0.3, 0.4) is 0 Å². The third kappa shape index (κ3) is 2.68. The molecule has 2 rings (SSSR count). The largest absolute Gasteiger partial charge is 0.481 e. The molecule has 0 amide bonds. The van der Waals surface area contributed by atoms with Gasteiger partial charge in [-0.3, -0.25) is 0 Å². The molecule has 0 saturated carbocycles. The molecule has 6 heteroatoms. The summed E-state index contributed by atoms with van der Waals surface area (Å²) in [6.45, 7) is 3.77. The van der Waals surface area contributed by atoms with Gasteiger partial charge in [0.15, 0.2) is 0 Å². The molecule has 2 aromatic rings. The molecule has 0 fully saturated rings. The summed E-state index contributed by atoms with van der Waals surface area (Å²) in [4.78, 5) is 12.5. The minimum atomic E-state index is 0.494. The molecule has 0 aliphatic heterocycles. The maximum Gasteiger partial charge on any atom is 0.227 e. The molecule has 0 aliphatic carbocycles. The van der Waals surface area contributed by atoms with E-state index in [1.165, 1.54) is 0 Å². The Morgan fingerprint density at radius 3 is 2.67 bits per heavy atom. The van der Waals surface area contributed by atoms with Crippen molar-refractivity contribution in [2.45, 2.75) is 13.8 Å². The quantitative estimate of drug-likeness (QED) is 0.924. The van der Waals surface area contributed by atoms with Gasteiger partial charge in [0.1, 0.15) is 0 Å². The van der Waals surface area contributed by atoms with E-state index < -0.39 is 0 Å². The van der Waals surface area contributed by atoms with Crippen molar-refractivity contribution < 1.29 is 4.74 Å². The maximum absolute atomic E-state index is 5.88. The molecule has 0 aliphatic rings. The van der Waals surface area contributed by atoms with Gasteiger partial charge in [-0.1, -0.05) is 11.6 Å². The van der Waals surface area contributed by atoms with E-state index in [9.17, 15) is 0 Å². The van der Waals surface area contributed by atoms with Crippen molar-refractivity contribution in [3.63, 3.8) is 0 Å². The number of anilines is 2. The Kier molecular flexibility index (Phi) is 3.62. The molecule has 0 radical (unpaired) electrons. The molecule has 0 aromatic carbocycles. The Labute approximate surface area is 110 Å². The van der Waals surface area contributed by atoms with Crippen molar-refractivity contribution in [2.75, 3.05) is 12.4 Å². The van der Waals surface area contributed by atoms with Gasteiger partial charge in [-0.05, 0) is 19.4 Å². The number of aryl methyl sites for hydroxylation is 2. The Hall–Kier alpha value is -1.88. The first-order valence-electron chi connectivity index (χ1n) is 5.37. The highest BCUT2D eigenvalue weighted by Crippen LogP contribution is 2.22. The standard InChI is InChI=1S/C12H13ClN4O/c1-7-5-14-11(18-3)4-10(7)17-12-15-6-9(13)8(2)16-12/h4-6H,1-3H3,(H,14,15,16,17). The van der Waals surface area contributed by atoms with Gasteiger partial charge in [-0.25, -0.2) is 15.0 Å². The van der Waals surface area contributed by atoms with Crippen LogP contribution < -0.4 is 10.1 Å². The van der Waals surface area contributed by atoms with Crippen LogP contribution in [0.2, 0.25) is 5.02 Å². The molecule has 2 aromatic heterocycles. The van der Waals surface area contributed by atoms with Gasteiger partial charge in [0.25, 0.3) is 0 Å². The monoisotopic (exact) mass is 264 g/mol. The third-order valence-corrected chi connectivity index (χ3v) is 2.82. The summed E-state index contributed by atoms with van der Waals surface area (Å²) in [6, 6.07) is 1.79. The zero-order chi connectivity index (χ0) is 13.1. The molecule has 1 N–H and O–H groups in total. The van der Waals surface area contributed by atoms with Crippen LogP contribution in [-0.2, 0) is 0 Å². The Bertz CT molecular complexity index is 574. The summed E-state index contributed by atoms with van der Waals surface area (Å²) in [6.07, 6.45) is 3.30. The highest BCUT2D eigenvalue weighted by atomic mass is 35.5. The summed E-state index contributed by atoms with van der Waals surface area (Å²) in [5.74, 6) is 1.03. The molecule has 0 bridgehead atoms. The first-order valence-corrected chi connectivity index (χ1v) is 5.74. The number of halogens is 1. The van der Waals surface area contributed by atoms with Crippen molar-refractivity contribution in [2.24, 2.45) is 0 Å². The van der Waals surface area contributed by atoms with E-state index in [0.717, 1.165) is 16.9 Å². The van der Waals surface area contributed by atoms with Gasteiger partial charge in [0, 0.05) is 12.3 Å². The molecule has 2 heterocycles. The smallest absolute Gasteiger partial charge is 0.227 e. The predicted octanol–water partition coefficient (Wildman–Crippen LogP) is 2.89. The van der Waals surface area contributed by atoms with Gasteiger partial charge in [-0.15, -0.1) is 0 Å². The first kappa shape index (κ1) is 12.6. The molecule has 94 valence electrons. The van der Waals surface area contributed by atoms with Crippen LogP contribution in [0.15, 0.2) is 18.5 Å². The van der Waals surface area contributed by atoms with E-state index in [1.807, 2.05) is 13.8 Å². The van der Waals surface area contributed by atoms with Crippen LogP contribution in [0.5, 0.6) is 5.88 Å². The van der Waals surface area contributed by atoms with Crippen molar-refractivity contribution >= 4 is 23.2 Å². The minimum absolute atomic E-state index is 0.494. The van der Waals surface area contributed by atoms with E-state index in [2.05, 4.69) is 20.3 Å². The molecule has 5 nitrogen and oxygen atoms in total. The van der Waals surface area contributed by atoms with Crippen LogP contribution in [-0.4, -0.2) is 22.1 Å². The Balaban J connectivity index is 2.30. The highest BCUT2D eigenvalue weighted by Gasteiger charge is 2.05. The number of nitrogens with zero attached hydrogens (tertiary/aromatic N) is 3. The number of aromatic nitrogens is 3. The van der Waals surface area contributed by atoms with Gasteiger partial charge < -0.3 is 10.1 Å². The second-order valence-electron chi connectivity index (χ2n) is 3.79. The minimum Gasteiger partial charge on any atom is -0.481 e. The number of ether oxygens (including phenoxy) is 1. The summed E-state index contributed by atoms with van der Waals surface area (Å²) in [5, 5.41) is 3.66. The number of rotatable bonds is 3. The summed E-state index contributed by atoms with van der Waals surface area (Å²) < 4.78 is 5.08. The molecule has 0 spiro atoms. The van der Waals surface area contributed by atoms with Gasteiger partial charge in [-0.2, -0.15) is 0 Å². The third-order valence-electron chi connectivity index (χ3n) is 2.45. The molecular weight excluding hydrogens is 252 g/mol. The van der Waals surface area contributed by atoms with Crippen LogP contribution in [0.4, 0.5) is 11.6 Å². The Morgan fingerprint density at radius 2 is 2.00 bits per heavy atom. The lowest BCUT2D eigenvalue weighted by molar-refractivity contribution is 0.398. The number of pyridine rings is 1. The molecular formula is C12H13ClN4O. The van der Waals surface area contributed by atoms with E-state index in [1.54, 1.807) is 25.6 Å².